The first-order valence-corrected chi connectivity index (χ1v) is 32.2. The van der Waals surface area contributed by atoms with E-state index in [1.807, 2.05) is 0 Å². The number of ether oxygens (including phenoxy) is 3. The molecule has 1 atom stereocenters. The molecule has 0 amide bonds. The minimum Gasteiger partial charge on any atom is -0.462 e. The molecule has 0 bridgehead atoms. The van der Waals surface area contributed by atoms with Gasteiger partial charge in [-0.1, -0.05) is 304 Å². The molecule has 0 aliphatic heterocycles. The molecule has 0 aromatic carbocycles. The van der Waals surface area contributed by atoms with Gasteiger partial charge in [0.15, 0.2) is 6.10 Å². The minimum atomic E-state index is -0.774. The average Bonchev–Trinajstić information content (AvgIpc) is 3.42. The summed E-state index contributed by atoms with van der Waals surface area (Å²) in [6, 6.07) is 0. The number of carbonyl (C=O) groups is 3. The Morgan fingerprint density at radius 3 is 0.803 bits per heavy atom. The normalized spacial score (nSPS) is 12.7. The van der Waals surface area contributed by atoms with E-state index < -0.39 is 6.10 Å². The van der Waals surface area contributed by atoms with E-state index in [-0.39, 0.29) is 31.1 Å². The first-order chi connectivity index (χ1) is 37.5. The van der Waals surface area contributed by atoms with Crippen LogP contribution in [0.15, 0.2) is 97.2 Å². The van der Waals surface area contributed by atoms with Gasteiger partial charge in [-0.15, -0.1) is 0 Å². The van der Waals surface area contributed by atoms with Crippen molar-refractivity contribution in [3.63, 3.8) is 0 Å². The molecule has 0 saturated carbocycles. The summed E-state index contributed by atoms with van der Waals surface area (Å²) in [6.07, 6.45) is 85.7. The Labute approximate surface area is 470 Å². The minimum absolute atomic E-state index is 0.0730. The zero-order chi connectivity index (χ0) is 55.0. The Hall–Kier alpha value is -3.67. The third-order valence-corrected chi connectivity index (χ3v) is 13.9. The molecular weight excluding hydrogens is 937 g/mol. The van der Waals surface area contributed by atoms with E-state index in [1.165, 1.54) is 161 Å². The lowest BCUT2D eigenvalue weighted by Crippen LogP contribution is -2.30. The van der Waals surface area contributed by atoms with Gasteiger partial charge in [0.05, 0.1) is 0 Å². The molecule has 1 unspecified atom stereocenters. The topological polar surface area (TPSA) is 78.9 Å². The molecule has 76 heavy (non-hydrogen) atoms. The fourth-order valence-corrected chi connectivity index (χ4v) is 9.05. The van der Waals surface area contributed by atoms with Gasteiger partial charge >= 0.3 is 17.9 Å². The largest absolute Gasteiger partial charge is 0.462 e. The summed E-state index contributed by atoms with van der Waals surface area (Å²) >= 11 is 0. The van der Waals surface area contributed by atoms with Gasteiger partial charge in [0.25, 0.3) is 0 Å². The van der Waals surface area contributed by atoms with Crippen LogP contribution < -0.4 is 0 Å². The summed E-state index contributed by atoms with van der Waals surface area (Å²) in [5.74, 6) is -0.868. The van der Waals surface area contributed by atoms with E-state index in [0.29, 0.717) is 19.3 Å². The van der Waals surface area contributed by atoms with Crippen LogP contribution in [0.3, 0.4) is 0 Å². The fourth-order valence-electron chi connectivity index (χ4n) is 9.05. The molecule has 0 rings (SSSR count). The molecular formula is C70H120O6. The van der Waals surface area contributed by atoms with E-state index in [2.05, 4.69) is 118 Å². The Balaban J connectivity index is 4.12. The van der Waals surface area contributed by atoms with E-state index in [4.69, 9.17) is 14.2 Å². The molecule has 0 heterocycles. The van der Waals surface area contributed by atoms with Crippen LogP contribution in [0.2, 0.25) is 0 Å². The maximum atomic E-state index is 12.8. The van der Waals surface area contributed by atoms with Crippen molar-refractivity contribution >= 4 is 17.9 Å². The Kier molecular flexibility index (Phi) is 60.8. The van der Waals surface area contributed by atoms with E-state index in [0.717, 1.165) is 109 Å². The molecule has 0 radical (unpaired) electrons. The van der Waals surface area contributed by atoms with Crippen LogP contribution in [0.1, 0.15) is 310 Å². The SMILES string of the molecule is CC/C=C\C/C=C\C/C=C\C/C=C\C/C=C\C/C=C\C/C=C\C/C=C\CCCCCCCCCCCCC(=O)OCC(COC(=O)CCCCCCCCCCCC)OC(=O)CCCCCCCCCCCCCCC. The van der Waals surface area contributed by atoms with Crippen molar-refractivity contribution in [3.05, 3.63) is 97.2 Å². The van der Waals surface area contributed by atoms with Gasteiger partial charge < -0.3 is 14.2 Å². The lowest BCUT2D eigenvalue weighted by Gasteiger charge is -2.18. The maximum absolute atomic E-state index is 12.8. The standard InChI is InChI=1S/C70H120O6/c1-4-7-10-13-16-19-22-24-25-26-27-28-29-30-31-32-33-34-35-36-37-38-39-40-41-42-43-44-45-47-48-51-54-57-60-63-69(72)75-66-67(65-74-68(71)62-59-56-53-50-21-18-15-12-9-6-3)76-70(73)64-61-58-55-52-49-46-23-20-17-14-11-8-5-2/h7,10,16,19,24-25,27-28,30-31,33-34,36-37,39-40,67H,4-6,8-9,11-15,17-18,20-23,26,29,32,35,38,41-66H2,1-3H3/b10-7-,19-16-,25-24-,28-27-,31-30-,34-33-,37-36-,40-39-. The first-order valence-electron chi connectivity index (χ1n) is 32.2. The Bertz CT molecular complexity index is 1490. The van der Waals surface area contributed by atoms with Gasteiger partial charge in [0.2, 0.25) is 0 Å². The molecule has 6 nitrogen and oxygen atoms in total. The van der Waals surface area contributed by atoms with Gasteiger partial charge in [-0.3, -0.25) is 14.4 Å². The molecule has 0 fully saturated rings. The zero-order valence-corrected chi connectivity index (χ0v) is 50.0. The second-order valence-corrected chi connectivity index (χ2v) is 21.3. The van der Waals surface area contributed by atoms with Crippen molar-refractivity contribution in [1.29, 1.82) is 0 Å². The third kappa shape index (κ3) is 61.2. The second-order valence-electron chi connectivity index (χ2n) is 21.3. The average molecular weight is 1060 g/mol. The highest BCUT2D eigenvalue weighted by molar-refractivity contribution is 5.71. The van der Waals surface area contributed by atoms with Crippen LogP contribution in [0, 0.1) is 0 Å². The summed E-state index contributed by atoms with van der Waals surface area (Å²) in [7, 11) is 0. The lowest BCUT2D eigenvalue weighted by molar-refractivity contribution is -0.167. The molecule has 0 aromatic heterocycles. The summed E-state index contributed by atoms with van der Waals surface area (Å²) in [4.78, 5) is 38.1. The monoisotopic (exact) mass is 1060 g/mol. The van der Waals surface area contributed by atoms with Gasteiger partial charge in [0, 0.05) is 19.3 Å². The predicted molar refractivity (Wildman–Crippen MR) is 330 cm³/mol. The Morgan fingerprint density at radius 1 is 0.276 bits per heavy atom. The molecule has 0 aromatic rings. The first kappa shape index (κ1) is 72.3. The summed E-state index contributed by atoms with van der Waals surface area (Å²) in [6.45, 7) is 6.53. The summed E-state index contributed by atoms with van der Waals surface area (Å²) < 4.78 is 16.9. The van der Waals surface area contributed by atoms with Gasteiger partial charge in [-0.2, -0.15) is 0 Å². The Morgan fingerprint density at radius 2 is 0.513 bits per heavy atom. The van der Waals surface area contributed by atoms with E-state index in [1.54, 1.807) is 0 Å². The highest BCUT2D eigenvalue weighted by atomic mass is 16.6. The smallest absolute Gasteiger partial charge is 0.306 e. The highest BCUT2D eigenvalue weighted by Gasteiger charge is 2.19. The van der Waals surface area contributed by atoms with Crippen LogP contribution in [-0.4, -0.2) is 37.2 Å². The fraction of sp³-hybridized carbons (Fsp3) is 0.729. The quantitative estimate of drug-likeness (QED) is 0.0261. The van der Waals surface area contributed by atoms with Crippen LogP contribution in [0.5, 0.6) is 0 Å². The molecule has 0 spiro atoms. The van der Waals surface area contributed by atoms with Gasteiger partial charge in [-0.25, -0.2) is 0 Å². The third-order valence-electron chi connectivity index (χ3n) is 13.9. The summed E-state index contributed by atoms with van der Waals surface area (Å²) in [5.41, 5.74) is 0. The van der Waals surface area contributed by atoms with Crippen molar-refractivity contribution in [3.8, 4) is 0 Å². The van der Waals surface area contributed by atoms with Crippen molar-refractivity contribution in [2.45, 2.75) is 316 Å². The maximum Gasteiger partial charge on any atom is 0.306 e. The number of carbonyl (C=O) groups excluding carboxylic acids is 3. The lowest BCUT2D eigenvalue weighted by atomic mass is 10.0. The number of esters is 3. The predicted octanol–water partition coefficient (Wildman–Crippen LogP) is 22.0. The number of hydrogen-bond donors (Lipinski definition) is 0. The van der Waals surface area contributed by atoms with Crippen LogP contribution in [-0.2, 0) is 28.6 Å². The molecule has 0 aliphatic rings. The number of unbranched alkanes of at least 4 members (excludes halogenated alkanes) is 31. The second kappa shape index (κ2) is 63.9. The number of allylic oxidation sites excluding steroid dienone is 16. The van der Waals surface area contributed by atoms with Crippen LogP contribution >= 0.6 is 0 Å². The molecule has 0 aliphatic carbocycles. The van der Waals surface area contributed by atoms with Gasteiger partial charge in [0.1, 0.15) is 13.2 Å². The number of rotatable bonds is 58. The highest BCUT2D eigenvalue weighted by Crippen LogP contribution is 2.16. The zero-order valence-electron chi connectivity index (χ0n) is 50.0. The molecule has 436 valence electrons. The van der Waals surface area contributed by atoms with E-state index in [9.17, 15) is 14.4 Å². The van der Waals surface area contributed by atoms with Crippen LogP contribution in [0.4, 0.5) is 0 Å². The molecule has 0 saturated heterocycles. The van der Waals surface area contributed by atoms with Crippen molar-refractivity contribution in [2.24, 2.45) is 0 Å². The van der Waals surface area contributed by atoms with Crippen molar-refractivity contribution < 1.29 is 28.6 Å². The summed E-state index contributed by atoms with van der Waals surface area (Å²) in [5, 5.41) is 0. The van der Waals surface area contributed by atoms with Crippen molar-refractivity contribution in [1.82, 2.24) is 0 Å². The number of hydrogen-bond acceptors (Lipinski definition) is 6. The van der Waals surface area contributed by atoms with E-state index >= 15 is 0 Å². The van der Waals surface area contributed by atoms with Crippen LogP contribution in [0.25, 0.3) is 0 Å². The van der Waals surface area contributed by atoms with Gasteiger partial charge in [-0.05, 0) is 83.5 Å². The molecule has 6 heteroatoms. The van der Waals surface area contributed by atoms with Crippen molar-refractivity contribution in [2.75, 3.05) is 13.2 Å². The molecule has 0 N–H and O–H groups in total.